The van der Waals surface area contributed by atoms with Crippen molar-refractivity contribution in [2.45, 2.75) is 19.8 Å². The molecular formula is C13H13N3O2. The van der Waals surface area contributed by atoms with E-state index in [-0.39, 0.29) is 6.42 Å². The molecule has 0 radical (unpaired) electrons. The average Bonchev–Trinajstić information content (AvgIpc) is 2.82. The first-order chi connectivity index (χ1) is 8.63. The first kappa shape index (κ1) is 10.8. The summed E-state index contributed by atoms with van der Waals surface area (Å²) in [6.45, 7) is 2.03. The topological polar surface area (TPSA) is 70.4 Å². The van der Waals surface area contributed by atoms with Crippen molar-refractivity contribution in [2.24, 2.45) is 0 Å². The lowest BCUT2D eigenvalue weighted by atomic mass is 10.2. The van der Waals surface area contributed by atoms with Gasteiger partial charge in [-0.3, -0.25) is 9.20 Å². The minimum atomic E-state index is -0.789. The Bertz CT molecular complexity index is 739. The van der Waals surface area contributed by atoms with Gasteiger partial charge in [0.2, 0.25) is 5.78 Å². The highest BCUT2D eigenvalue weighted by molar-refractivity contribution is 5.80. The highest BCUT2D eigenvalue weighted by Gasteiger charge is 2.08. The first-order valence-corrected chi connectivity index (χ1v) is 5.81. The molecule has 2 heterocycles. The quantitative estimate of drug-likeness (QED) is 0.740. The molecule has 0 saturated carbocycles. The molecule has 3 aromatic rings. The lowest BCUT2D eigenvalue weighted by molar-refractivity contribution is -0.136. The van der Waals surface area contributed by atoms with E-state index in [1.807, 2.05) is 35.7 Å². The fraction of sp³-hybridized carbons (Fsp3) is 0.231. The number of rotatable bonds is 3. The summed E-state index contributed by atoms with van der Waals surface area (Å²) in [5, 5.41) is 8.67. The zero-order chi connectivity index (χ0) is 12.7. The number of aryl methyl sites for hydroxylation is 2. The van der Waals surface area contributed by atoms with E-state index >= 15 is 0 Å². The lowest BCUT2D eigenvalue weighted by Crippen LogP contribution is -1.97. The Hall–Kier alpha value is -2.30. The predicted octanol–water partition coefficient (Wildman–Crippen LogP) is 2.14. The van der Waals surface area contributed by atoms with Gasteiger partial charge in [0, 0.05) is 11.9 Å². The number of fused-ring (bicyclic) bond motifs is 3. The summed E-state index contributed by atoms with van der Waals surface area (Å²) < 4.78 is 1.96. The van der Waals surface area contributed by atoms with Crippen molar-refractivity contribution in [3.8, 4) is 0 Å². The molecule has 0 atom stereocenters. The zero-order valence-electron chi connectivity index (χ0n) is 9.97. The van der Waals surface area contributed by atoms with Crippen molar-refractivity contribution in [2.75, 3.05) is 0 Å². The second kappa shape index (κ2) is 3.87. The first-order valence-electron chi connectivity index (χ1n) is 5.81. The molecule has 92 valence electrons. The second-order valence-electron chi connectivity index (χ2n) is 4.47. The van der Waals surface area contributed by atoms with Crippen molar-refractivity contribution in [3.63, 3.8) is 0 Å². The highest BCUT2D eigenvalue weighted by Crippen LogP contribution is 2.18. The number of nitrogens with zero attached hydrogens (tertiary/aromatic N) is 2. The van der Waals surface area contributed by atoms with Gasteiger partial charge in [-0.2, -0.15) is 0 Å². The van der Waals surface area contributed by atoms with Crippen LogP contribution in [0.2, 0.25) is 0 Å². The molecular weight excluding hydrogens is 230 g/mol. The molecule has 1 aromatic carbocycles. The normalized spacial score (nSPS) is 11.4. The molecule has 0 aliphatic carbocycles. The van der Waals surface area contributed by atoms with Gasteiger partial charge in [0.15, 0.2) is 0 Å². The maximum absolute atomic E-state index is 10.5. The molecule has 5 nitrogen and oxygen atoms in total. The minimum absolute atomic E-state index is 0.126. The molecule has 18 heavy (non-hydrogen) atoms. The number of carboxylic acid groups (broad SMARTS) is 1. The van der Waals surface area contributed by atoms with Gasteiger partial charge in [0.1, 0.15) is 0 Å². The molecule has 5 heteroatoms. The van der Waals surface area contributed by atoms with Gasteiger partial charge >= 0.3 is 5.97 Å². The van der Waals surface area contributed by atoms with E-state index in [0.717, 1.165) is 22.5 Å². The monoisotopic (exact) mass is 243 g/mol. The zero-order valence-corrected chi connectivity index (χ0v) is 9.97. The number of benzene rings is 1. The Kier molecular flexibility index (Phi) is 2.33. The molecule has 0 aliphatic rings. The van der Waals surface area contributed by atoms with E-state index in [4.69, 9.17) is 5.11 Å². The van der Waals surface area contributed by atoms with Crippen LogP contribution in [0.3, 0.4) is 0 Å². The van der Waals surface area contributed by atoms with E-state index in [1.54, 1.807) is 0 Å². The third-order valence-electron chi connectivity index (χ3n) is 3.01. The van der Waals surface area contributed by atoms with Crippen LogP contribution >= 0.6 is 0 Å². The van der Waals surface area contributed by atoms with Crippen LogP contribution in [0.15, 0.2) is 24.4 Å². The molecule has 2 N–H and O–H groups in total. The number of aromatic amines is 1. The number of H-pyrrole nitrogens is 1. The van der Waals surface area contributed by atoms with Crippen molar-refractivity contribution in [1.82, 2.24) is 14.4 Å². The largest absolute Gasteiger partial charge is 0.481 e. The van der Waals surface area contributed by atoms with Crippen LogP contribution in [0.5, 0.6) is 0 Å². The number of carboxylic acids is 1. The summed E-state index contributed by atoms with van der Waals surface area (Å²) in [6.07, 6.45) is 2.54. The molecule has 0 amide bonds. The highest BCUT2D eigenvalue weighted by atomic mass is 16.4. The van der Waals surface area contributed by atoms with Crippen molar-refractivity contribution in [3.05, 3.63) is 35.7 Å². The Morgan fingerprint density at radius 2 is 2.33 bits per heavy atom. The summed E-state index contributed by atoms with van der Waals surface area (Å²) >= 11 is 0. The van der Waals surface area contributed by atoms with Crippen molar-refractivity contribution >= 4 is 22.8 Å². The molecule has 0 unspecified atom stereocenters. The summed E-state index contributed by atoms with van der Waals surface area (Å²) in [4.78, 5) is 18.2. The van der Waals surface area contributed by atoms with Crippen LogP contribution in [0, 0.1) is 6.92 Å². The number of hydrogen-bond donors (Lipinski definition) is 2. The summed E-state index contributed by atoms with van der Waals surface area (Å²) in [5.41, 5.74) is 4.05. The van der Waals surface area contributed by atoms with Gasteiger partial charge in [0.25, 0.3) is 0 Å². The summed E-state index contributed by atoms with van der Waals surface area (Å²) in [5.74, 6) is -0.0290. The van der Waals surface area contributed by atoms with Crippen LogP contribution in [-0.4, -0.2) is 25.4 Å². The van der Waals surface area contributed by atoms with Crippen LogP contribution in [0.1, 0.15) is 17.7 Å². The summed E-state index contributed by atoms with van der Waals surface area (Å²) in [7, 11) is 0. The van der Waals surface area contributed by atoms with Gasteiger partial charge in [0.05, 0.1) is 17.5 Å². The molecule has 0 aliphatic heterocycles. The van der Waals surface area contributed by atoms with E-state index < -0.39 is 5.97 Å². The number of aliphatic carboxylic acids is 1. The predicted molar refractivity (Wildman–Crippen MR) is 67.7 cm³/mol. The number of aromatic nitrogens is 3. The minimum Gasteiger partial charge on any atom is -0.481 e. The third kappa shape index (κ3) is 1.73. The van der Waals surface area contributed by atoms with Crippen LogP contribution in [-0.2, 0) is 11.2 Å². The Labute approximate surface area is 103 Å². The van der Waals surface area contributed by atoms with E-state index in [2.05, 4.69) is 9.97 Å². The molecule has 0 fully saturated rings. The fourth-order valence-electron chi connectivity index (χ4n) is 2.13. The smallest absolute Gasteiger partial charge is 0.303 e. The van der Waals surface area contributed by atoms with E-state index in [9.17, 15) is 4.79 Å². The van der Waals surface area contributed by atoms with Gasteiger partial charge in [-0.25, -0.2) is 4.98 Å². The summed E-state index contributed by atoms with van der Waals surface area (Å²) in [6, 6.07) is 6.10. The number of hydrogen-bond acceptors (Lipinski definition) is 2. The Morgan fingerprint density at radius 3 is 3.11 bits per heavy atom. The molecule has 3 rings (SSSR count). The maximum atomic E-state index is 10.5. The van der Waals surface area contributed by atoms with Crippen LogP contribution < -0.4 is 0 Å². The Balaban J connectivity index is 2.05. The standard InChI is InChI=1S/C13H13N3O2/c1-8-2-4-11-10(6-8)15-13-14-9(7-16(11)13)3-5-12(17)18/h2,4,6-7H,3,5H2,1H3,(H,14,15)(H,17,18). The van der Waals surface area contributed by atoms with Gasteiger partial charge in [-0.15, -0.1) is 0 Å². The van der Waals surface area contributed by atoms with Gasteiger partial charge in [-0.05, 0) is 31.0 Å². The fourth-order valence-corrected chi connectivity index (χ4v) is 2.13. The van der Waals surface area contributed by atoms with E-state index in [1.165, 1.54) is 5.56 Å². The molecule has 2 aromatic heterocycles. The lowest BCUT2D eigenvalue weighted by Gasteiger charge is -1.93. The van der Waals surface area contributed by atoms with Crippen molar-refractivity contribution < 1.29 is 9.90 Å². The van der Waals surface area contributed by atoms with Crippen molar-refractivity contribution in [1.29, 1.82) is 0 Å². The molecule has 0 spiro atoms. The third-order valence-corrected chi connectivity index (χ3v) is 3.01. The van der Waals surface area contributed by atoms with Crippen LogP contribution in [0.25, 0.3) is 16.8 Å². The van der Waals surface area contributed by atoms with Gasteiger partial charge in [-0.1, -0.05) is 6.07 Å². The van der Waals surface area contributed by atoms with Crippen LogP contribution in [0.4, 0.5) is 0 Å². The Morgan fingerprint density at radius 1 is 1.50 bits per heavy atom. The SMILES string of the molecule is Cc1ccc2c(c1)nc1[nH]c(CCC(=O)O)cn12. The molecule has 0 saturated heterocycles. The number of carbonyl (C=O) groups is 1. The average molecular weight is 243 g/mol. The maximum Gasteiger partial charge on any atom is 0.303 e. The number of imidazole rings is 2. The molecule has 0 bridgehead atoms. The van der Waals surface area contributed by atoms with Gasteiger partial charge < -0.3 is 10.1 Å². The second-order valence-corrected chi connectivity index (χ2v) is 4.47. The van der Waals surface area contributed by atoms with E-state index in [0.29, 0.717) is 6.42 Å². The number of nitrogens with one attached hydrogen (secondary N) is 1.